The molecule has 2 aliphatic heterocycles. The highest BCUT2D eigenvalue weighted by Crippen LogP contribution is 2.29. The van der Waals surface area contributed by atoms with Crippen molar-refractivity contribution in [3.05, 3.63) is 52.7 Å². The summed E-state index contributed by atoms with van der Waals surface area (Å²) in [6.07, 6.45) is 3.96. The Hall–Kier alpha value is -2.31. The number of carbonyl (C=O) groups excluding carboxylic acids is 1. The standard InChI is InChI=1S/C20H22N2O3S/c23-20(22-10-7-15(8-11-22)19-6-3-13-26-19)21-17-4-1-2-5-18(17)25-16-9-12-24-14-16/h1-7,13,16H,8-12,14H2,(H,21,23)/t16-/m1/s1. The summed E-state index contributed by atoms with van der Waals surface area (Å²) >= 11 is 1.74. The van der Waals surface area contributed by atoms with E-state index in [2.05, 4.69) is 28.9 Å². The number of hydrogen-bond donors (Lipinski definition) is 1. The molecule has 2 aromatic rings. The van der Waals surface area contributed by atoms with Gasteiger partial charge in [-0.2, -0.15) is 0 Å². The second kappa shape index (κ2) is 7.93. The summed E-state index contributed by atoms with van der Waals surface area (Å²) in [6, 6.07) is 11.7. The van der Waals surface area contributed by atoms with E-state index in [0.29, 0.717) is 24.6 Å². The summed E-state index contributed by atoms with van der Waals surface area (Å²) in [5.41, 5.74) is 2.03. The number of anilines is 1. The van der Waals surface area contributed by atoms with E-state index in [1.807, 2.05) is 29.2 Å². The largest absolute Gasteiger partial charge is 0.486 e. The number of nitrogens with one attached hydrogen (secondary N) is 1. The molecule has 1 aromatic heterocycles. The first-order chi connectivity index (χ1) is 12.8. The van der Waals surface area contributed by atoms with Crippen LogP contribution in [-0.4, -0.2) is 43.3 Å². The Morgan fingerprint density at radius 2 is 2.19 bits per heavy atom. The Balaban J connectivity index is 1.39. The zero-order valence-electron chi connectivity index (χ0n) is 14.5. The third-order valence-corrected chi connectivity index (χ3v) is 5.59. The zero-order chi connectivity index (χ0) is 17.8. The topological polar surface area (TPSA) is 50.8 Å². The van der Waals surface area contributed by atoms with E-state index in [4.69, 9.17) is 9.47 Å². The number of rotatable bonds is 4. The van der Waals surface area contributed by atoms with Gasteiger partial charge in [0.1, 0.15) is 11.9 Å². The smallest absolute Gasteiger partial charge is 0.322 e. The number of nitrogens with zero attached hydrogens (tertiary/aromatic N) is 1. The van der Waals surface area contributed by atoms with Crippen LogP contribution in [0.1, 0.15) is 17.7 Å². The highest BCUT2D eigenvalue weighted by Gasteiger charge is 2.21. The van der Waals surface area contributed by atoms with Crippen LogP contribution in [0.5, 0.6) is 5.75 Å². The normalized spacial score (nSPS) is 19.9. The number of urea groups is 1. The van der Waals surface area contributed by atoms with Crippen molar-refractivity contribution in [2.45, 2.75) is 18.9 Å². The molecule has 0 aliphatic carbocycles. The first-order valence-corrected chi connectivity index (χ1v) is 9.80. The predicted molar refractivity (Wildman–Crippen MR) is 104 cm³/mol. The molecule has 0 saturated carbocycles. The fraction of sp³-hybridized carbons (Fsp3) is 0.350. The molecule has 0 radical (unpaired) electrons. The molecule has 1 N–H and O–H groups in total. The van der Waals surface area contributed by atoms with Crippen molar-refractivity contribution >= 4 is 28.6 Å². The van der Waals surface area contributed by atoms with Gasteiger partial charge in [-0.15, -0.1) is 11.3 Å². The predicted octanol–water partition coefficient (Wildman–Crippen LogP) is 4.24. The van der Waals surface area contributed by atoms with E-state index in [1.165, 1.54) is 10.5 Å². The van der Waals surface area contributed by atoms with Gasteiger partial charge in [0.25, 0.3) is 0 Å². The van der Waals surface area contributed by atoms with Crippen molar-refractivity contribution in [3.63, 3.8) is 0 Å². The van der Waals surface area contributed by atoms with Gasteiger partial charge in [0.2, 0.25) is 0 Å². The highest BCUT2D eigenvalue weighted by molar-refractivity contribution is 7.11. The van der Waals surface area contributed by atoms with Crippen LogP contribution in [-0.2, 0) is 4.74 Å². The first kappa shape index (κ1) is 17.1. The molecule has 26 heavy (non-hydrogen) atoms. The lowest BCUT2D eigenvalue weighted by atomic mass is 10.1. The van der Waals surface area contributed by atoms with Crippen LogP contribution < -0.4 is 10.1 Å². The second-order valence-electron chi connectivity index (χ2n) is 6.43. The molecule has 5 nitrogen and oxygen atoms in total. The van der Waals surface area contributed by atoms with E-state index >= 15 is 0 Å². The summed E-state index contributed by atoms with van der Waals surface area (Å²) in [6.45, 7) is 2.67. The number of para-hydroxylation sites is 2. The Labute approximate surface area is 157 Å². The van der Waals surface area contributed by atoms with Gasteiger partial charge in [-0.1, -0.05) is 24.3 Å². The molecule has 1 fully saturated rings. The molecular weight excluding hydrogens is 348 g/mol. The second-order valence-corrected chi connectivity index (χ2v) is 7.38. The van der Waals surface area contributed by atoms with Crippen LogP contribution in [0.4, 0.5) is 10.5 Å². The summed E-state index contributed by atoms with van der Waals surface area (Å²) in [5.74, 6) is 0.697. The average Bonchev–Trinajstić information content (AvgIpc) is 3.37. The molecule has 0 spiro atoms. The van der Waals surface area contributed by atoms with Crippen molar-refractivity contribution in [2.75, 3.05) is 31.6 Å². The number of carbonyl (C=O) groups is 1. The minimum absolute atomic E-state index is 0.0549. The molecular formula is C20H22N2O3S. The number of benzene rings is 1. The molecule has 3 heterocycles. The van der Waals surface area contributed by atoms with Gasteiger partial charge in [0.15, 0.2) is 0 Å². The van der Waals surface area contributed by atoms with Crippen LogP contribution in [0, 0.1) is 0 Å². The lowest BCUT2D eigenvalue weighted by Crippen LogP contribution is -2.38. The maximum atomic E-state index is 12.7. The maximum absolute atomic E-state index is 12.7. The Morgan fingerprint density at radius 3 is 2.92 bits per heavy atom. The van der Waals surface area contributed by atoms with E-state index < -0.39 is 0 Å². The minimum Gasteiger partial charge on any atom is -0.486 e. The van der Waals surface area contributed by atoms with Gasteiger partial charge in [0.05, 0.1) is 18.9 Å². The lowest BCUT2D eigenvalue weighted by molar-refractivity contribution is 0.142. The molecule has 0 bridgehead atoms. The molecule has 1 saturated heterocycles. The van der Waals surface area contributed by atoms with Crippen molar-refractivity contribution in [2.24, 2.45) is 0 Å². The van der Waals surface area contributed by atoms with Gasteiger partial charge in [-0.3, -0.25) is 0 Å². The molecule has 0 unspecified atom stereocenters. The monoisotopic (exact) mass is 370 g/mol. The van der Waals surface area contributed by atoms with E-state index in [9.17, 15) is 4.79 Å². The van der Waals surface area contributed by atoms with Crippen molar-refractivity contribution in [1.29, 1.82) is 0 Å². The summed E-state index contributed by atoms with van der Waals surface area (Å²) in [4.78, 5) is 15.8. The molecule has 1 atom stereocenters. The number of ether oxygens (including phenoxy) is 2. The SMILES string of the molecule is O=C(Nc1ccccc1O[C@@H]1CCOC1)N1CC=C(c2cccs2)CC1. The third-order valence-electron chi connectivity index (χ3n) is 4.64. The zero-order valence-corrected chi connectivity index (χ0v) is 15.3. The van der Waals surface area contributed by atoms with Gasteiger partial charge in [-0.25, -0.2) is 4.79 Å². The van der Waals surface area contributed by atoms with Crippen LogP contribution in [0.15, 0.2) is 47.9 Å². The molecule has 136 valence electrons. The van der Waals surface area contributed by atoms with Crippen LogP contribution in [0.25, 0.3) is 5.57 Å². The van der Waals surface area contributed by atoms with Crippen LogP contribution >= 0.6 is 11.3 Å². The van der Waals surface area contributed by atoms with Gasteiger partial charge >= 0.3 is 6.03 Å². The van der Waals surface area contributed by atoms with Crippen molar-refractivity contribution in [3.8, 4) is 5.75 Å². The molecule has 2 aliphatic rings. The fourth-order valence-electron chi connectivity index (χ4n) is 3.19. The number of hydrogen-bond acceptors (Lipinski definition) is 4. The van der Waals surface area contributed by atoms with Gasteiger partial charge in [0, 0.05) is 24.4 Å². The summed E-state index contributed by atoms with van der Waals surface area (Å²) < 4.78 is 11.4. The third kappa shape index (κ3) is 3.92. The molecule has 6 heteroatoms. The fourth-order valence-corrected chi connectivity index (χ4v) is 3.99. The minimum atomic E-state index is -0.0924. The van der Waals surface area contributed by atoms with Crippen LogP contribution in [0.2, 0.25) is 0 Å². The summed E-state index contributed by atoms with van der Waals surface area (Å²) in [5, 5.41) is 5.08. The van der Waals surface area contributed by atoms with E-state index in [1.54, 1.807) is 11.3 Å². The molecule has 2 amide bonds. The average molecular weight is 370 g/mol. The first-order valence-electron chi connectivity index (χ1n) is 8.92. The number of thiophene rings is 1. The quantitative estimate of drug-likeness (QED) is 0.876. The lowest BCUT2D eigenvalue weighted by Gasteiger charge is -2.27. The summed E-state index contributed by atoms with van der Waals surface area (Å²) in [7, 11) is 0. The molecule has 1 aromatic carbocycles. The van der Waals surface area contributed by atoms with Gasteiger partial charge in [-0.05, 0) is 35.6 Å². The van der Waals surface area contributed by atoms with E-state index in [-0.39, 0.29) is 12.1 Å². The Kier molecular flexibility index (Phi) is 5.22. The van der Waals surface area contributed by atoms with Crippen molar-refractivity contribution in [1.82, 2.24) is 4.90 Å². The number of amides is 2. The van der Waals surface area contributed by atoms with Crippen LogP contribution in [0.3, 0.4) is 0 Å². The highest BCUT2D eigenvalue weighted by atomic mass is 32.1. The molecule has 4 rings (SSSR count). The Morgan fingerprint density at radius 1 is 1.27 bits per heavy atom. The van der Waals surface area contributed by atoms with Gasteiger partial charge < -0.3 is 19.7 Å². The van der Waals surface area contributed by atoms with E-state index in [0.717, 1.165) is 26.0 Å². The maximum Gasteiger partial charge on any atom is 0.322 e. The Bertz CT molecular complexity index is 782. The van der Waals surface area contributed by atoms with Crippen molar-refractivity contribution < 1.29 is 14.3 Å².